The summed E-state index contributed by atoms with van der Waals surface area (Å²) in [6, 6.07) is 4.89. The molecule has 0 spiro atoms. The van der Waals surface area contributed by atoms with E-state index in [0.29, 0.717) is 27.1 Å². The van der Waals surface area contributed by atoms with Crippen molar-refractivity contribution in [2.45, 2.75) is 12.8 Å². The molecule has 1 N–H and O–H groups in total. The van der Waals surface area contributed by atoms with E-state index in [4.69, 9.17) is 27.6 Å². The van der Waals surface area contributed by atoms with Crippen molar-refractivity contribution in [1.82, 2.24) is 4.98 Å². The first kappa shape index (κ1) is 14.7. The number of rotatable bonds is 4. The second-order valence-electron chi connectivity index (χ2n) is 4.01. The van der Waals surface area contributed by atoms with E-state index in [1.54, 1.807) is 18.2 Å². The van der Waals surface area contributed by atoms with Crippen LogP contribution in [0.15, 0.2) is 27.4 Å². The number of nitrogens with one attached hydrogen (secondary N) is 1. The molecule has 0 aliphatic rings. The van der Waals surface area contributed by atoms with Crippen molar-refractivity contribution < 1.29 is 13.9 Å². The monoisotopic (exact) mass is 315 g/mol. The summed E-state index contributed by atoms with van der Waals surface area (Å²) in [4.78, 5) is 25.1. The second kappa shape index (κ2) is 6.15. The number of hydrogen-bond acceptors (Lipinski definition) is 4. The SMILES string of the molecule is COC(=O)CCc1oc(=O)[nH]c1-c1ccc(Cl)cc1Cl. The molecule has 0 saturated carbocycles. The summed E-state index contributed by atoms with van der Waals surface area (Å²) < 4.78 is 9.59. The summed E-state index contributed by atoms with van der Waals surface area (Å²) in [7, 11) is 1.30. The summed E-state index contributed by atoms with van der Waals surface area (Å²) in [5.41, 5.74) is 1.03. The van der Waals surface area contributed by atoms with E-state index in [0.717, 1.165) is 0 Å². The molecule has 0 fully saturated rings. The minimum absolute atomic E-state index is 0.107. The molecule has 1 aromatic heterocycles. The van der Waals surface area contributed by atoms with Crippen LogP contribution >= 0.6 is 23.2 Å². The fraction of sp³-hybridized carbons (Fsp3) is 0.231. The van der Waals surface area contributed by atoms with E-state index < -0.39 is 5.76 Å². The van der Waals surface area contributed by atoms with Crippen molar-refractivity contribution in [3.63, 3.8) is 0 Å². The van der Waals surface area contributed by atoms with Gasteiger partial charge in [-0.05, 0) is 18.2 Å². The van der Waals surface area contributed by atoms with E-state index >= 15 is 0 Å². The van der Waals surface area contributed by atoms with Crippen LogP contribution in [0.2, 0.25) is 10.0 Å². The number of aryl methyl sites for hydroxylation is 1. The van der Waals surface area contributed by atoms with Gasteiger partial charge in [-0.25, -0.2) is 4.79 Å². The lowest BCUT2D eigenvalue weighted by atomic mass is 10.1. The van der Waals surface area contributed by atoms with Gasteiger partial charge in [-0.15, -0.1) is 0 Å². The summed E-state index contributed by atoms with van der Waals surface area (Å²) in [6.45, 7) is 0. The van der Waals surface area contributed by atoms with Crippen LogP contribution in [-0.4, -0.2) is 18.1 Å². The number of carbonyl (C=O) groups excluding carboxylic acids is 1. The lowest BCUT2D eigenvalue weighted by molar-refractivity contribution is -0.140. The number of oxazole rings is 1. The maximum atomic E-state index is 11.4. The van der Waals surface area contributed by atoms with Crippen molar-refractivity contribution in [2.75, 3.05) is 7.11 Å². The molecule has 0 aliphatic heterocycles. The van der Waals surface area contributed by atoms with Gasteiger partial charge in [0.2, 0.25) is 0 Å². The Balaban J connectivity index is 2.36. The van der Waals surface area contributed by atoms with E-state index in [-0.39, 0.29) is 18.8 Å². The molecular weight excluding hydrogens is 305 g/mol. The Hall–Kier alpha value is -1.72. The predicted octanol–water partition coefficient (Wildman–Crippen LogP) is 3.05. The van der Waals surface area contributed by atoms with Crippen LogP contribution in [-0.2, 0) is 16.0 Å². The lowest BCUT2D eigenvalue weighted by Crippen LogP contribution is -2.02. The van der Waals surface area contributed by atoms with Gasteiger partial charge in [-0.2, -0.15) is 0 Å². The zero-order chi connectivity index (χ0) is 14.7. The van der Waals surface area contributed by atoms with Crippen LogP contribution in [0, 0.1) is 0 Å². The smallest absolute Gasteiger partial charge is 0.416 e. The number of methoxy groups -OCH3 is 1. The van der Waals surface area contributed by atoms with Crippen molar-refractivity contribution in [2.24, 2.45) is 0 Å². The molecule has 0 saturated heterocycles. The average molecular weight is 316 g/mol. The van der Waals surface area contributed by atoms with Crippen LogP contribution in [0.5, 0.6) is 0 Å². The first-order chi connectivity index (χ1) is 9.51. The third kappa shape index (κ3) is 3.23. The molecule has 0 atom stereocenters. The van der Waals surface area contributed by atoms with Crippen LogP contribution < -0.4 is 5.76 Å². The number of aromatic amines is 1. The maximum absolute atomic E-state index is 11.4. The number of ether oxygens (including phenoxy) is 1. The van der Waals surface area contributed by atoms with Crippen molar-refractivity contribution in [1.29, 1.82) is 0 Å². The average Bonchev–Trinajstić information content (AvgIpc) is 2.77. The molecule has 0 aliphatic carbocycles. The van der Waals surface area contributed by atoms with Gasteiger partial charge in [0, 0.05) is 17.0 Å². The van der Waals surface area contributed by atoms with Gasteiger partial charge in [0.05, 0.1) is 24.2 Å². The van der Waals surface area contributed by atoms with Crippen LogP contribution in [0.3, 0.4) is 0 Å². The Morgan fingerprint density at radius 3 is 2.80 bits per heavy atom. The summed E-state index contributed by atoms with van der Waals surface area (Å²) >= 11 is 11.9. The number of carbonyl (C=O) groups is 1. The number of H-pyrrole nitrogens is 1. The molecule has 0 bridgehead atoms. The highest BCUT2D eigenvalue weighted by atomic mass is 35.5. The number of benzene rings is 1. The van der Waals surface area contributed by atoms with Gasteiger partial charge >= 0.3 is 11.7 Å². The van der Waals surface area contributed by atoms with Gasteiger partial charge in [-0.3, -0.25) is 9.78 Å². The van der Waals surface area contributed by atoms with Crippen LogP contribution in [0.4, 0.5) is 0 Å². The highest BCUT2D eigenvalue weighted by Gasteiger charge is 2.16. The number of halogens is 2. The fourth-order valence-electron chi connectivity index (χ4n) is 1.76. The van der Waals surface area contributed by atoms with Crippen molar-refractivity contribution >= 4 is 29.2 Å². The zero-order valence-corrected chi connectivity index (χ0v) is 12.0. The first-order valence-corrected chi connectivity index (χ1v) is 6.51. The van der Waals surface area contributed by atoms with Crippen LogP contribution in [0.1, 0.15) is 12.2 Å². The molecule has 2 aromatic rings. The molecular formula is C13H11Cl2NO4. The molecule has 106 valence electrons. The van der Waals surface area contributed by atoms with Gasteiger partial charge < -0.3 is 9.15 Å². The molecule has 1 heterocycles. The largest absolute Gasteiger partial charge is 0.469 e. The maximum Gasteiger partial charge on any atom is 0.416 e. The molecule has 1 aromatic carbocycles. The molecule has 0 radical (unpaired) electrons. The molecule has 0 amide bonds. The number of aromatic nitrogens is 1. The van der Waals surface area contributed by atoms with Crippen molar-refractivity contribution in [3.8, 4) is 11.3 Å². The van der Waals surface area contributed by atoms with E-state index in [1.807, 2.05) is 0 Å². The Morgan fingerprint density at radius 1 is 1.40 bits per heavy atom. The van der Waals surface area contributed by atoms with Crippen molar-refractivity contribution in [3.05, 3.63) is 44.6 Å². The van der Waals surface area contributed by atoms with E-state index in [9.17, 15) is 9.59 Å². The van der Waals surface area contributed by atoms with E-state index in [2.05, 4.69) is 9.72 Å². The summed E-state index contributed by atoms with van der Waals surface area (Å²) in [5, 5.41) is 0.870. The molecule has 20 heavy (non-hydrogen) atoms. The minimum atomic E-state index is -0.606. The van der Waals surface area contributed by atoms with Gasteiger partial charge in [0.15, 0.2) is 0 Å². The highest BCUT2D eigenvalue weighted by Crippen LogP contribution is 2.31. The Bertz CT molecular complexity index is 690. The Morgan fingerprint density at radius 2 is 2.15 bits per heavy atom. The Labute approximate surface area is 124 Å². The Kier molecular flexibility index (Phi) is 4.52. The minimum Gasteiger partial charge on any atom is -0.469 e. The predicted molar refractivity (Wildman–Crippen MR) is 75.1 cm³/mol. The number of esters is 1. The van der Waals surface area contributed by atoms with Crippen LogP contribution in [0.25, 0.3) is 11.3 Å². The molecule has 7 heteroatoms. The molecule has 2 rings (SSSR count). The van der Waals surface area contributed by atoms with E-state index in [1.165, 1.54) is 7.11 Å². The summed E-state index contributed by atoms with van der Waals surface area (Å²) in [5.74, 6) is -0.641. The second-order valence-corrected chi connectivity index (χ2v) is 4.86. The zero-order valence-electron chi connectivity index (χ0n) is 10.5. The quantitative estimate of drug-likeness (QED) is 0.880. The highest BCUT2D eigenvalue weighted by molar-refractivity contribution is 6.36. The van der Waals surface area contributed by atoms with Gasteiger partial charge in [-0.1, -0.05) is 23.2 Å². The topological polar surface area (TPSA) is 72.3 Å². The molecule has 0 unspecified atom stereocenters. The lowest BCUT2D eigenvalue weighted by Gasteiger charge is -2.04. The van der Waals surface area contributed by atoms with Gasteiger partial charge in [0.25, 0.3) is 0 Å². The third-order valence-electron chi connectivity index (χ3n) is 2.71. The normalized spacial score (nSPS) is 10.6. The molecule has 5 nitrogen and oxygen atoms in total. The fourth-order valence-corrected chi connectivity index (χ4v) is 2.27. The standard InChI is InChI=1S/C13H11Cl2NO4/c1-19-11(17)5-4-10-12(16-13(18)20-10)8-3-2-7(14)6-9(8)15/h2-3,6H,4-5H2,1H3,(H,16,18). The van der Waals surface area contributed by atoms with Gasteiger partial charge in [0.1, 0.15) is 5.76 Å². The summed E-state index contributed by atoms with van der Waals surface area (Å²) in [6.07, 6.45) is 0.342. The first-order valence-electron chi connectivity index (χ1n) is 5.75. The third-order valence-corrected chi connectivity index (χ3v) is 3.25. The number of hydrogen-bond donors (Lipinski definition) is 1.